The largest absolute Gasteiger partial charge is 0.464 e. The minimum Gasteiger partial charge on any atom is -0.464 e. The van der Waals surface area contributed by atoms with Gasteiger partial charge in [-0.05, 0) is 53.8 Å². The summed E-state index contributed by atoms with van der Waals surface area (Å²) in [7, 11) is -3.31. The molecule has 3 aromatic rings. The highest BCUT2D eigenvalue weighted by molar-refractivity contribution is 7.92. The number of benzene rings is 3. The SMILES string of the molecule is CS(=O)(=O)Nc1ccc(-c2ccc3c(c2)COC(C2CCN(C(=O)OCc4ccccc4)CC2)O3)cc1. The molecule has 0 saturated carbocycles. The molecular weight excluding hydrogens is 492 g/mol. The van der Waals surface area contributed by atoms with E-state index in [9.17, 15) is 13.2 Å². The van der Waals surface area contributed by atoms with Crippen LogP contribution in [0, 0.1) is 5.92 Å². The van der Waals surface area contributed by atoms with Crippen molar-refractivity contribution < 1.29 is 27.4 Å². The van der Waals surface area contributed by atoms with Crippen LogP contribution in [-0.4, -0.2) is 45.0 Å². The Bertz CT molecular complexity index is 1340. The summed E-state index contributed by atoms with van der Waals surface area (Å²) in [5, 5.41) is 0. The molecule has 9 heteroatoms. The van der Waals surface area contributed by atoms with Gasteiger partial charge in [0.1, 0.15) is 12.4 Å². The Morgan fingerprint density at radius 2 is 1.70 bits per heavy atom. The first-order valence-corrected chi connectivity index (χ1v) is 14.2. The first-order valence-electron chi connectivity index (χ1n) is 12.3. The first kappa shape index (κ1) is 25.1. The molecule has 8 nitrogen and oxygen atoms in total. The first-order chi connectivity index (χ1) is 17.8. The molecule has 0 spiro atoms. The van der Waals surface area contributed by atoms with Gasteiger partial charge in [0.05, 0.1) is 12.9 Å². The molecule has 3 aromatic carbocycles. The van der Waals surface area contributed by atoms with E-state index in [-0.39, 0.29) is 24.9 Å². The zero-order chi connectivity index (χ0) is 25.8. The summed E-state index contributed by atoms with van der Waals surface area (Å²) in [5.41, 5.74) is 4.42. The number of carbonyl (C=O) groups is 1. The van der Waals surface area contributed by atoms with Gasteiger partial charge in [-0.2, -0.15) is 0 Å². The monoisotopic (exact) mass is 522 g/mol. The van der Waals surface area contributed by atoms with E-state index in [1.807, 2.05) is 60.7 Å². The fraction of sp³-hybridized carbons (Fsp3) is 0.321. The number of anilines is 1. The van der Waals surface area contributed by atoms with Crippen molar-refractivity contribution in [2.45, 2.75) is 32.3 Å². The molecular formula is C28H30N2O6S. The number of carbonyl (C=O) groups excluding carboxylic acids is 1. The van der Waals surface area contributed by atoms with E-state index >= 15 is 0 Å². The van der Waals surface area contributed by atoms with Gasteiger partial charge in [-0.1, -0.05) is 48.5 Å². The molecule has 194 valence electrons. The fourth-order valence-corrected chi connectivity index (χ4v) is 5.22. The van der Waals surface area contributed by atoms with Crippen LogP contribution in [0.15, 0.2) is 72.8 Å². The predicted molar refractivity (Wildman–Crippen MR) is 140 cm³/mol. The molecule has 1 amide bonds. The molecule has 1 atom stereocenters. The smallest absolute Gasteiger partial charge is 0.410 e. The molecule has 5 rings (SSSR count). The Hall–Kier alpha value is -3.56. The van der Waals surface area contributed by atoms with E-state index in [1.54, 1.807) is 17.0 Å². The molecule has 37 heavy (non-hydrogen) atoms. The number of piperidine rings is 1. The van der Waals surface area contributed by atoms with Crippen LogP contribution in [-0.2, 0) is 32.7 Å². The van der Waals surface area contributed by atoms with Gasteiger partial charge in [0, 0.05) is 30.3 Å². The normalized spacial score (nSPS) is 18.0. The Balaban J connectivity index is 1.14. The maximum absolute atomic E-state index is 12.5. The summed E-state index contributed by atoms with van der Waals surface area (Å²) in [4.78, 5) is 14.2. The molecule has 2 heterocycles. The van der Waals surface area contributed by atoms with Crippen molar-refractivity contribution in [3.63, 3.8) is 0 Å². The second-order valence-corrected chi connectivity index (χ2v) is 11.2. The van der Waals surface area contributed by atoms with Crippen molar-refractivity contribution in [1.29, 1.82) is 0 Å². The summed E-state index contributed by atoms with van der Waals surface area (Å²) in [6.07, 6.45) is 2.06. The molecule has 2 aliphatic rings. The Kier molecular flexibility index (Phi) is 7.34. The third-order valence-electron chi connectivity index (χ3n) is 6.62. The summed E-state index contributed by atoms with van der Waals surface area (Å²) < 4.78 is 43.0. The topological polar surface area (TPSA) is 94.2 Å². The van der Waals surface area contributed by atoms with Crippen LogP contribution in [0.5, 0.6) is 5.75 Å². The number of nitrogens with one attached hydrogen (secondary N) is 1. The van der Waals surface area contributed by atoms with Crippen molar-refractivity contribution in [2.24, 2.45) is 5.92 Å². The quantitative estimate of drug-likeness (QED) is 0.489. The predicted octanol–water partition coefficient (Wildman–Crippen LogP) is 5.01. The highest BCUT2D eigenvalue weighted by atomic mass is 32.2. The van der Waals surface area contributed by atoms with Crippen molar-refractivity contribution in [3.8, 4) is 16.9 Å². The van der Waals surface area contributed by atoms with Crippen LogP contribution in [0.2, 0.25) is 0 Å². The Morgan fingerprint density at radius 1 is 1.00 bits per heavy atom. The number of fused-ring (bicyclic) bond motifs is 1. The molecule has 0 aromatic heterocycles. The molecule has 1 saturated heterocycles. The van der Waals surface area contributed by atoms with E-state index < -0.39 is 10.0 Å². The van der Waals surface area contributed by atoms with Gasteiger partial charge in [-0.3, -0.25) is 4.72 Å². The van der Waals surface area contributed by atoms with Gasteiger partial charge in [0.25, 0.3) is 0 Å². The summed E-state index contributed by atoms with van der Waals surface area (Å²) in [6.45, 7) is 1.94. The number of amides is 1. The zero-order valence-electron chi connectivity index (χ0n) is 20.6. The number of rotatable bonds is 6. The molecule has 1 N–H and O–H groups in total. The summed E-state index contributed by atoms with van der Waals surface area (Å²) in [6, 6.07) is 22.9. The van der Waals surface area contributed by atoms with Crippen LogP contribution in [0.4, 0.5) is 10.5 Å². The van der Waals surface area contributed by atoms with E-state index in [0.29, 0.717) is 25.4 Å². The summed E-state index contributed by atoms with van der Waals surface area (Å²) in [5.74, 6) is 1.00. The second-order valence-electron chi connectivity index (χ2n) is 9.44. The Labute approximate surface area is 217 Å². The highest BCUT2D eigenvalue weighted by Gasteiger charge is 2.33. The average molecular weight is 523 g/mol. The number of likely N-dealkylation sites (tertiary alicyclic amines) is 1. The maximum atomic E-state index is 12.5. The lowest BCUT2D eigenvalue weighted by Crippen LogP contribution is -2.44. The molecule has 0 bridgehead atoms. The Morgan fingerprint density at radius 3 is 2.41 bits per heavy atom. The van der Waals surface area contributed by atoms with Gasteiger partial charge in [-0.25, -0.2) is 13.2 Å². The maximum Gasteiger partial charge on any atom is 0.410 e. The number of nitrogens with zero attached hydrogens (tertiary/aromatic N) is 1. The van der Waals surface area contributed by atoms with Crippen LogP contribution < -0.4 is 9.46 Å². The van der Waals surface area contributed by atoms with Gasteiger partial charge >= 0.3 is 6.09 Å². The standard InChI is InChI=1S/C28H30N2O6S/c1-37(32,33)29-25-10-7-21(8-11-25)23-9-12-26-24(17-23)19-34-27(36-26)22-13-15-30(16-14-22)28(31)35-18-20-5-3-2-4-6-20/h2-12,17,22,27,29H,13-16,18-19H2,1H3. The molecule has 0 radical (unpaired) electrons. The molecule has 0 aliphatic carbocycles. The van der Waals surface area contributed by atoms with Crippen LogP contribution in [0.1, 0.15) is 24.0 Å². The van der Waals surface area contributed by atoms with Crippen LogP contribution in [0.3, 0.4) is 0 Å². The fourth-order valence-electron chi connectivity index (χ4n) is 4.66. The van der Waals surface area contributed by atoms with Crippen LogP contribution >= 0.6 is 0 Å². The van der Waals surface area contributed by atoms with Crippen molar-refractivity contribution in [3.05, 3.63) is 83.9 Å². The number of sulfonamides is 1. The van der Waals surface area contributed by atoms with Crippen LogP contribution in [0.25, 0.3) is 11.1 Å². The zero-order valence-corrected chi connectivity index (χ0v) is 21.4. The lowest BCUT2D eigenvalue weighted by atomic mass is 9.95. The van der Waals surface area contributed by atoms with Gasteiger partial charge in [-0.15, -0.1) is 0 Å². The molecule has 1 fully saturated rings. The number of ether oxygens (including phenoxy) is 3. The van der Waals surface area contributed by atoms with E-state index in [4.69, 9.17) is 14.2 Å². The van der Waals surface area contributed by atoms with E-state index in [2.05, 4.69) is 4.72 Å². The second kappa shape index (κ2) is 10.8. The van der Waals surface area contributed by atoms with Crippen molar-refractivity contribution in [1.82, 2.24) is 4.90 Å². The minimum absolute atomic E-state index is 0.195. The van der Waals surface area contributed by atoms with Crippen molar-refractivity contribution in [2.75, 3.05) is 24.1 Å². The van der Waals surface area contributed by atoms with Gasteiger partial charge in [0.2, 0.25) is 16.3 Å². The van der Waals surface area contributed by atoms with E-state index in [0.717, 1.165) is 47.1 Å². The van der Waals surface area contributed by atoms with Gasteiger partial charge in [0.15, 0.2) is 0 Å². The third kappa shape index (κ3) is 6.42. The number of hydrogen-bond donors (Lipinski definition) is 1. The lowest BCUT2D eigenvalue weighted by molar-refractivity contribution is -0.148. The van der Waals surface area contributed by atoms with Crippen molar-refractivity contribution >= 4 is 21.8 Å². The third-order valence-corrected chi connectivity index (χ3v) is 7.22. The van der Waals surface area contributed by atoms with Gasteiger partial charge < -0.3 is 19.1 Å². The molecule has 1 unspecified atom stereocenters. The lowest BCUT2D eigenvalue weighted by Gasteiger charge is -2.37. The summed E-state index contributed by atoms with van der Waals surface area (Å²) >= 11 is 0. The highest BCUT2D eigenvalue weighted by Crippen LogP contribution is 2.35. The van der Waals surface area contributed by atoms with E-state index in [1.165, 1.54) is 0 Å². The molecule has 2 aliphatic heterocycles. The number of hydrogen-bond acceptors (Lipinski definition) is 6. The minimum atomic E-state index is -3.31. The average Bonchev–Trinajstić information content (AvgIpc) is 2.91.